The molecular weight excluding hydrogens is 308 g/mol. The van der Waals surface area contributed by atoms with Gasteiger partial charge in [0.05, 0.1) is 29.0 Å². The Morgan fingerprint density at radius 3 is 2.89 bits per heavy atom. The highest BCUT2D eigenvalue weighted by molar-refractivity contribution is 9.10. The summed E-state index contributed by atoms with van der Waals surface area (Å²) in [4.78, 5) is 8.32. The van der Waals surface area contributed by atoms with E-state index in [4.69, 9.17) is 10.00 Å². The third-order valence-electron chi connectivity index (χ3n) is 2.54. The van der Waals surface area contributed by atoms with Crippen molar-refractivity contribution in [3.8, 4) is 11.9 Å². The molecule has 0 unspecified atom stereocenters. The van der Waals surface area contributed by atoms with Gasteiger partial charge in [0.25, 0.3) is 0 Å². The highest BCUT2D eigenvalue weighted by Crippen LogP contribution is 2.25. The van der Waals surface area contributed by atoms with E-state index in [-0.39, 0.29) is 0 Å². The largest absolute Gasteiger partial charge is 0.480 e. The Bertz CT molecular complexity index is 652. The molecular formula is C13H11BrN4O. The van der Waals surface area contributed by atoms with Gasteiger partial charge < -0.3 is 10.1 Å². The molecule has 1 N–H and O–H groups in total. The van der Waals surface area contributed by atoms with Gasteiger partial charge >= 0.3 is 0 Å². The molecule has 0 saturated heterocycles. The molecule has 1 aromatic heterocycles. The number of benzene rings is 1. The minimum Gasteiger partial charge on any atom is -0.480 e. The molecule has 0 amide bonds. The first-order valence-electron chi connectivity index (χ1n) is 5.49. The average Bonchev–Trinajstić information content (AvgIpc) is 2.41. The average molecular weight is 319 g/mol. The first kappa shape index (κ1) is 13.3. The fourth-order valence-electron chi connectivity index (χ4n) is 1.60. The van der Waals surface area contributed by atoms with E-state index in [0.29, 0.717) is 27.6 Å². The summed E-state index contributed by atoms with van der Waals surface area (Å²) >= 11 is 3.29. The molecule has 0 atom stereocenters. The zero-order valence-electron chi connectivity index (χ0n) is 10.4. The summed E-state index contributed by atoms with van der Waals surface area (Å²) in [5.41, 5.74) is 2.15. The Kier molecular flexibility index (Phi) is 3.97. The summed E-state index contributed by atoms with van der Waals surface area (Å²) in [5.74, 6) is 0.811. The molecule has 1 aromatic carbocycles. The number of halogens is 1. The first-order chi connectivity index (χ1) is 9.15. The molecule has 0 aliphatic rings. The van der Waals surface area contributed by atoms with Crippen LogP contribution in [0.3, 0.4) is 0 Å². The van der Waals surface area contributed by atoms with Gasteiger partial charge in [-0.15, -0.1) is 0 Å². The lowest BCUT2D eigenvalue weighted by Crippen LogP contribution is -2.01. The van der Waals surface area contributed by atoms with Crippen molar-refractivity contribution >= 4 is 27.6 Å². The van der Waals surface area contributed by atoms with Crippen LogP contribution in [-0.4, -0.2) is 17.1 Å². The highest BCUT2D eigenvalue weighted by Gasteiger charge is 2.09. The normalized spacial score (nSPS) is 9.79. The van der Waals surface area contributed by atoms with Crippen LogP contribution in [0, 0.1) is 18.3 Å². The van der Waals surface area contributed by atoms with Gasteiger partial charge in [-0.05, 0) is 34.5 Å². The fourth-order valence-corrected chi connectivity index (χ4v) is 1.95. The lowest BCUT2D eigenvalue weighted by molar-refractivity contribution is 0.394. The van der Waals surface area contributed by atoms with E-state index >= 15 is 0 Å². The van der Waals surface area contributed by atoms with Gasteiger partial charge in [0.1, 0.15) is 6.07 Å². The van der Waals surface area contributed by atoms with E-state index < -0.39 is 0 Å². The number of methoxy groups -OCH3 is 1. The Morgan fingerprint density at radius 1 is 1.42 bits per heavy atom. The molecule has 0 radical (unpaired) electrons. The van der Waals surface area contributed by atoms with Crippen molar-refractivity contribution < 1.29 is 4.74 Å². The van der Waals surface area contributed by atoms with Gasteiger partial charge in [-0.25, -0.2) is 4.98 Å². The summed E-state index contributed by atoms with van der Waals surface area (Å²) in [7, 11) is 1.53. The second-order valence-corrected chi connectivity index (χ2v) is 4.64. The van der Waals surface area contributed by atoms with E-state index in [1.54, 1.807) is 6.20 Å². The maximum Gasteiger partial charge on any atom is 0.232 e. The molecule has 2 aromatic rings. The Morgan fingerprint density at radius 2 is 2.21 bits per heavy atom. The van der Waals surface area contributed by atoms with E-state index in [1.807, 2.05) is 25.1 Å². The van der Waals surface area contributed by atoms with Crippen LogP contribution in [0.5, 0.6) is 5.88 Å². The molecule has 0 aliphatic carbocycles. The third-order valence-corrected chi connectivity index (χ3v) is 3.08. The molecule has 5 nitrogen and oxygen atoms in total. The lowest BCUT2D eigenvalue weighted by Gasteiger charge is -2.09. The number of aryl methyl sites for hydroxylation is 1. The summed E-state index contributed by atoms with van der Waals surface area (Å²) in [6.07, 6.45) is 1.59. The number of rotatable bonds is 3. The fraction of sp³-hybridized carbons (Fsp3) is 0.154. The molecule has 96 valence electrons. The van der Waals surface area contributed by atoms with Crippen molar-refractivity contribution in [3.05, 3.63) is 40.0 Å². The summed E-state index contributed by atoms with van der Waals surface area (Å²) in [6.45, 7) is 1.88. The standard InChI is InChI=1S/C13H11BrN4O/c1-8-4-3-5-11(9(8)6-15)17-13-16-7-10(14)12(18-13)19-2/h3-5,7H,1-2H3,(H,16,17,18). The molecule has 0 bridgehead atoms. The third kappa shape index (κ3) is 2.83. The Balaban J connectivity index is 2.37. The second-order valence-electron chi connectivity index (χ2n) is 3.79. The highest BCUT2D eigenvalue weighted by atomic mass is 79.9. The molecule has 2 rings (SSSR count). The maximum atomic E-state index is 9.16. The van der Waals surface area contributed by atoms with Crippen LogP contribution < -0.4 is 10.1 Å². The Hall–Kier alpha value is -2.13. The SMILES string of the molecule is COc1nc(Nc2cccc(C)c2C#N)ncc1Br. The monoisotopic (exact) mass is 318 g/mol. The van der Waals surface area contributed by atoms with E-state index in [0.717, 1.165) is 5.56 Å². The Labute approximate surface area is 119 Å². The van der Waals surface area contributed by atoms with E-state index in [2.05, 4.69) is 37.3 Å². The number of nitrogens with zero attached hydrogens (tertiary/aromatic N) is 3. The van der Waals surface area contributed by atoms with Gasteiger partial charge in [0.15, 0.2) is 0 Å². The summed E-state index contributed by atoms with van der Waals surface area (Å²) in [6, 6.07) is 7.73. The van der Waals surface area contributed by atoms with Crippen LogP contribution in [0.25, 0.3) is 0 Å². The van der Waals surface area contributed by atoms with E-state index in [9.17, 15) is 0 Å². The topological polar surface area (TPSA) is 70.8 Å². The van der Waals surface area contributed by atoms with Crippen LogP contribution >= 0.6 is 15.9 Å². The number of aromatic nitrogens is 2. The van der Waals surface area contributed by atoms with Crippen molar-refractivity contribution in [1.82, 2.24) is 9.97 Å². The van der Waals surface area contributed by atoms with Crippen LogP contribution in [0.4, 0.5) is 11.6 Å². The first-order valence-corrected chi connectivity index (χ1v) is 6.28. The van der Waals surface area contributed by atoms with Crippen molar-refractivity contribution in [2.24, 2.45) is 0 Å². The molecule has 0 aliphatic heterocycles. The van der Waals surface area contributed by atoms with Crippen LogP contribution in [0.1, 0.15) is 11.1 Å². The van der Waals surface area contributed by atoms with Gasteiger partial charge in [0, 0.05) is 0 Å². The maximum absolute atomic E-state index is 9.16. The number of ether oxygens (including phenoxy) is 1. The quantitative estimate of drug-likeness (QED) is 0.941. The second kappa shape index (κ2) is 5.67. The predicted octanol–water partition coefficient (Wildman–Crippen LogP) is 3.17. The number of hydrogen-bond donors (Lipinski definition) is 1. The number of hydrogen-bond acceptors (Lipinski definition) is 5. The molecule has 19 heavy (non-hydrogen) atoms. The van der Waals surface area contributed by atoms with Crippen molar-refractivity contribution in [3.63, 3.8) is 0 Å². The minimum atomic E-state index is 0.377. The van der Waals surface area contributed by atoms with Crippen LogP contribution in [0.15, 0.2) is 28.9 Å². The number of nitriles is 1. The van der Waals surface area contributed by atoms with Crippen molar-refractivity contribution in [2.75, 3.05) is 12.4 Å². The van der Waals surface area contributed by atoms with Gasteiger partial charge in [0.2, 0.25) is 11.8 Å². The van der Waals surface area contributed by atoms with Crippen molar-refractivity contribution in [2.45, 2.75) is 6.92 Å². The smallest absolute Gasteiger partial charge is 0.232 e. The molecule has 0 saturated carbocycles. The van der Waals surface area contributed by atoms with Gasteiger partial charge in [-0.2, -0.15) is 10.2 Å². The summed E-state index contributed by atoms with van der Waals surface area (Å²) < 4.78 is 5.77. The molecule has 0 spiro atoms. The van der Waals surface area contributed by atoms with Crippen LogP contribution in [0.2, 0.25) is 0 Å². The molecule has 1 heterocycles. The number of nitrogens with one attached hydrogen (secondary N) is 1. The predicted molar refractivity (Wildman–Crippen MR) is 75.5 cm³/mol. The molecule has 6 heteroatoms. The lowest BCUT2D eigenvalue weighted by atomic mass is 10.1. The minimum absolute atomic E-state index is 0.377. The summed E-state index contributed by atoms with van der Waals surface area (Å²) in [5, 5.41) is 12.2. The van der Waals surface area contributed by atoms with Gasteiger partial charge in [-0.3, -0.25) is 0 Å². The van der Waals surface area contributed by atoms with Gasteiger partial charge in [-0.1, -0.05) is 12.1 Å². The zero-order chi connectivity index (χ0) is 13.8. The van der Waals surface area contributed by atoms with Crippen molar-refractivity contribution in [1.29, 1.82) is 5.26 Å². The zero-order valence-corrected chi connectivity index (χ0v) is 12.0. The number of anilines is 2. The molecule has 0 fully saturated rings. The van der Waals surface area contributed by atoms with Crippen LogP contribution in [-0.2, 0) is 0 Å². The van der Waals surface area contributed by atoms with E-state index in [1.165, 1.54) is 7.11 Å².